The quantitative estimate of drug-likeness (QED) is 0.452. The van der Waals surface area contributed by atoms with E-state index >= 15 is 0 Å². The Labute approximate surface area is 155 Å². The summed E-state index contributed by atoms with van der Waals surface area (Å²) in [6.07, 6.45) is 0.222. The summed E-state index contributed by atoms with van der Waals surface area (Å²) in [5, 5.41) is 24.7. The van der Waals surface area contributed by atoms with Gasteiger partial charge in [0.25, 0.3) is 0 Å². The largest absolute Gasteiger partial charge is 0.481 e. The molecule has 4 N–H and O–H groups in total. The van der Waals surface area contributed by atoms with Crippen LogP contribution < -0.4 is 10.6 Å². The number of nitrogens with one attached hydrogen (secondary N) is 2. The van der Waals surface area contributed by atoms with Crippen LogP contribution in [0.2, 0.25) is 0 Å². The van der Waals surface area contributed by atoms with Gasteiger partial charge >= 0.3 is 11.9 Å². The number of carbonyl (C=O) groups is 4. The molecule has 0 saturated heterocycles. The van der Waals surface area contributed by atoms with Gasteiger partial charge in [0.2, 0.25) is 11.8 Å². The van der Waals surface area contributed by atoms with Crippen molar-refractivity contribution < 1.29 is 29.4 Å². The Hall–Kier alpha value is -2.42. The lowest BCUT2D eigenvalue weighted by Gasteiger charge is -2.18. The number of carboxylic acids is 2. The standard InChI is InChI=1S/C17H24N2O6S/c1-10(2)6-11(7-15(21)22)16(23)18-9-14(20)19-13(17(24)25)8-12-4-3-5-26-12/h3-5,10-11,13H,6-9H2,1-2H3,(H,18,23)(H,19,20)(H,21,22)(H,24,25)/t11?,13-/m0/s1. The third-order valence-electron chi connectivity index (χ3n) is 3.59. The van der Waals surface area contributed by atoms with Crippen LogP contribution in [-0.2, 0) is 25.6 Å². The van der Waals surface area contributed by atoms with Crippen molar-refractivity contribution in [1.29, 1.82) is 0 Å². The van der Waals surface area contributed by atoms with Crippen LogP contribution in [0.15, 0.2) is 17.5 Å². The molecule has 0 bridgehead atoms. The number of carbonyl (C=O) groups excluding carboxylic acids is 2. The smallest absolute Gasteiger partial charge is 0.326 e. The fourth-order valence-electron chi connectivity index (χ4n) is 2.45. The van der Waals surface area contributed by atoms with Crippen LogP contribution >= 0.6 is 11.3 Å². The predicted molar refractivity (Wildman–Crippen MR) is 95.8 cm³/mol. The van der Waals surface area contributed by atoms with E-state index in [-0.39, 0.29) is 18.8 Å². The van der Waals surface area contributed by atoms with E-state index in [2.05, 4.69) is 10.6 Å². The van der Waals surface area contributed by atoms with E-state index in [9.17, 15) is 24.3 Å². The summed E-state index contributed by atoms with van der Waals surface area (Å²) < 4.78 is 0. The molecule has 0 aromatic carbocycles. The topological polar surface area (TPSA) is 133 Å². The first-order valence-corrected chi connectivity index (χ1v) is 9.11. The van der Waals surface area contributed by atoms with E-state index in [0.717, 1.165) is 4.88 Å². The molecule has 1 heterocycles. The van der Waals surface area contributed by atoms with Gasteiger partial charge in [0.1, 0.15) is 6.04 Å². The molecule has 0 saturated carbocycles. The third kappa shape index (κ3) is 8.11. The minimum Gasteiger partial charge on any atom is -0.481 e. The SMILES string of the molecule is CC(C)CC(CC(=O)O)C(=O)NCC(=O)N[C@@H](Cc1cccs1)C(=O)O. The lowest BCUT2D eigenvalue weighted by Crippen LogP contribution is -2.47. The maximum Gasteiger partial charge on any atom is 0.326 e. The van der Waals surface area contributed by atoms with Crippen molar-refractivity contribution >= 4 is 35.1 Å². The van der Waals surface area contributed by atoms with Gasteiger partial charge in [0.05, 0.1) is 13.0 Å². The van der Waals surface area contributed by atoms with Crippen LogP contribution in [0.5, 0.6) is 0 Å². The fraction of sp³-hybridized carbons (Fsp3) is 0.529. The zero-order chi connectivity index (χ0) is 19.7. The molecule has 1 aromatic rings. The molecule has 8 nitrogen and oxygen atoms in total. The number of hydrogen-bond acceptors (Lipinski definition) is 5. The Balaban J connectivity index is 2.55. The molecule has 0 spiro atoms. The highest BCUT2D eigenvalue weighted by atomic mass is 32.1. The molecule has 1 unspecified atom stereocenters. The van der Waals surface area contributed by atoms with Gasteiger partial charge < -0.3 is 20.8 Å². The summed E-state index contributed by atoms with van der Waals surface area (Å²) in [5.41, 5.74) is 0. The number of amides is 2. The fourth-order valence-corrected chi connectivity index (χ4v) is 3.20. The molecular formula is C17H24N2O6S. The molecule has 26 heavy (non-hydrogen) atoms. The number of carboxylic acid groups (broad SMARTS) is 2. The van der Waals surface area contributed by atoms with Crippen LogP contribution in [-0.4, -0.2) is 46.6 Å². The highest BCUT2D eigenvalue weighted by Gasteiger charge is 2.24. The van der Waals surface area contributed by atoms with Crippen molar-refractivity contribution in [3.8, 4) is 0 Å². The van der Waals surface area contributed by atoms with Gasteiger partial charge in [-0.05, 0) is 23.8 Å². The molecule has 144 valence electrons. The first-order valence-electron chi connectivity index (χ1n) is 8.23. The Morgan fingerprint density at radius 2 is 1.88 bits per heavy atom. The van der Waals surface area contributed by atoms with Crippen molar-refractivity contribution in [2.45, 2.75) is 39.2 Å². The number of thiophene rings is 1. The van der Waals surface area contributed by atoms with Crippen molar-refractivity contribution in [2.75, 3.05) is 6.54 Å². The normalized spacial score (nSPS) is 13.0. The average molecular weight is 384 g/mol. The van der Waals surface area contributed by atoms with E-state index in [4.69, 9.17) is 5.11 Å². The van der Waals surface area contributed by atoms with Crippen LogP contribution in [0, 0.1) is 11.8 Å². The average Bonchev–Trinajstić information content (AvgIpc) is 3.03. The zero-order valence-corrected chi connectivity index (χ0v) is 15.5. The van der Waals surface area contributed by atoms with Gasteiger partial charge in [-0.2, -0.15) is 0 Å². The second kappa shape index (κ2) is 10.5. The molecule has 2 amide bonds. The van der Waals surface area contributed by atoms with Crippen LogP contribution in [0.3, 0.4) is 0 Å². The van der Waals surface area contributed by atoms with Crippen molar-refractivity contribution in [2.24, 2.45) is 11.8 Å². The molecule has 0 aliphatic rings. The van der Waals surface area contributed by atoms with Crippen molar-refractivity contribution in [3.63, 3.8) is 0 Å². The monoisotopic (exact) mass is 384 g/mol. The van der Waals surface area contributed by atoms with Gasteiger partial charge in [0, 0.05) is 17.2 Å². The van der Waals surface area contributed by atoms with E-state index in [1.54, 1.807) is 12.1 Å². The molecule has 1 aromatic heterocycles. The molecule has 0 aliphatic heterocycles. The maximum absolute atomic E-state index is 12.1. The Bertz CT molecular complexity index is 629. The lowest BCUT2D eigenvalue weighted by molar-refractivity contribution is -0.142. The second-order valence-electron chi connectivity index (χ2n) is 6.38. The number of rotatable bonds is 11. The molecule has 0 fully saturated rings. The highest BCUT2D eigenvalue weighted by Crippen LogP contribution is 2.16. The van der Waals surface area contributed by atoms with E-state index in [1.165, 1.54) is 11.3 Å². The molecule has 0 radical (unpaired) electrons. The van der Waals surface area contributed by atoms with Gasteiger partial charge in [-0.25, -0.2) is 4.79 Å². The summed E-state index contributed by atoms with van der Waals surface area (Å²) in [7, 11) is 0. The van der Waals surface area contributed by atoms with Gasteiger partial charge in [-0.15, -0.1) is 11.3 Å². The van der Waals surface area contributed by atoms with Crippen molar-refractivity contribution in [1.82, 2.24) is 10.6 Å². The van der Waals surface area contributed by atoms with Crippen LogP contribution in [0.4, 0.5) is 0 Å². The molecule has 9 heteroatoms. The van der Waals surface area contributed by atoms with Crippen molar-refractivity contribution in [3.05, 3.63) is 22.4 Å². The highest BCUT2D eigenvalue weighted by molar-refractivity contribution is 7.09. The second-order valence-corrected chi connectivity index (χ2v) is 7.42. The maximum atomic E-state index is 12.1. The minimum absolute atomic E-state index is 0.126. The Morgan fingerprint density at radius 3 is 2.38 bits per heavy atom. The van der Waals surface area contributed by atoms with E-state index in [0.29, 0.717) is 6.42 Å². The van der Waals surface area contributed by atoms with Gasteiger partial charge in [-0.3, -0.25) is 14.4 Å². The molecule has 0 aliphatic carbocycles. The Kier molecular flexibility index (Phi) is 8.77. The van der Waals surface area contributed by atoms with Gasteiger partial charge in [-0.1, -0.05) is 19.9 Å². The Morgan fingerprint density at radius 1 is 1.19 bits per heavy atom. The number of hydrogen-bond donors (Lipinski definition) is 4. The zero-order valence-electron chi connectivity index (χ0n) is 14.7. The minimum atomic E-state index is -1.17. The number of aliphatic carboxylic acids is 2. The summed E-state index contributed by atoms with van der Waals surface area (Å²) >= 11 is 1.39. The summed E-state index contributed by atoms with van der Waals surface area (Å²) in [6, 6.07) is 2.47. The molecule has 2 atom stereocenters. The summed E-state index contributed by atoms with van der Waals surface area (Å²) in [4.78, 5) is 47.1. The lowest BCUT2D eigenvalue weighted by atomic mass is 9.93. The van der Waals surface area contributed by atoms with Crippen LogP contribution in [0.25, 0.3) is 0 Å². The summed E-state index contributed by atoms with van der Waals surface area (Å²) in [6.45, 7) is 3.34. The first-order chi connectivity index (χ1) is 12.2. The first kappa shape index (κ1) is 21.6. The van der Waals surface area contributed by atoms with Crippen LogP contribution in [0.1, 0.15) is 31.6 Å². The van der Waals surface area contributed by atoms with Gasteiger partial charge in [0.15, 0.2) is 0 Å². The predicted octanol–water partition coefficient (Wildman–Crippen LogP) is 1.11. The third-order valence-corrected chi connectivity index (χ3v) is 4.49. The molecular weight excluding hydrogens is 360 g/mol. The molecule has 1 rings (SSSR count). The van der Waals surface area contributed by atoms with E-state index < -0.39 is 42.3 Å². The summed E-state index contributed by atoms with van der Waals surface area (Å²) in [5.74, 6) is -4.02. The van der Waals surface area contributed by atoms with E-state index in [1.807, 2.05) is 19.2 Å².